The SMILES string of the molecule is CC(C)CC1CNC2(CCCC2)CN1CC1CCC1. The van der Waals surface area contributed by atoms with Gasteiger partial charge < -0.3 is 5.32 Å². The first-order chi connectivity index (χ1) is 9.17. The number of piperazine rings is 1. The third-order valence-corrected chi connectivity index (χ3v) is 5.76. The van der Waals surface area contributed by atoms with Crippen LogP contribution in [-0.2, 0) is 0 Å². The van der Waals surface area contributed by atoms with Crippen molar-refractivity contribution in [3.8, 4) is 0 Å². The highest BCUT2D eigenvalue weighted by Crippen LogP contribution is 2.36. The van der Waals surface area contributed by atoms with Gasteiger partial charge in [0, 0.05) is 31.2 Å². The Bertz CT molecular complexity index is 290. The van der Waals surface area contributed by atoms with Crippen LogP contribution in [0, 0.1) is 11.8 Å². The summed E-state index contributed by atoms with van der Waals surface area (Å²) < 4.78 is 0. The summed E-state index contributed by atoms with van der Waals surface area (Å²) in [6, 6.07) is 0.798. The molecular weight excluding hydrogens is 232 g/mol. The van der Waals surface area contributed by atoms with E-state index in [1.807, 2.05) is 0 Å². The fourth-order valence-electron chi connectivity index (χ4n) is 4.42. The highest BCUT2D eigenvalue weighted by atomic mass is 15.3. The molecule has 0 aromatic rings. The Morgan fingerprint density at radius 3 is 2.47 bits per heavy atom. The van der Waals surface area contributed by atoms with Crippen LogP contribution in [0.25, 0.3) is 0 Å². The van der Waals surface area contributed by atoms with Crippen LogP contribution in [0.4, 0.5) is 0 Å². The molecule has 2 aliphatic carbocycles. The second-order valence-electron chi connectivity index (χ2n) is 7.88. The number of nitrogens with zero attached hydrogens (tertiary/aromatic N) is 1. The lowest BCUT2D eigenvalue weighted by Gasteiger charge is -2.49. The molecule has 1 N–H and O–H groups in total. The van der Waals surface area contributed by atoms with Crippen molar-refractivity contribution in [1.82, 2.24) is 10.2 Å². The molecule has 0 amide bonds. The van der Waals surface area contributed by atoms with Gasteiger partial charge in [-0.25, -0.2) is 0 Å². The molecular formula is C17H32N2. The summed E-state index contributed by atoms with van der Waals surface area (Å²) in [7, 11) is 0. The Morgan fingerprint density at radius 1 is 1.16 bits per heavy atom. The normalized spacial score (nSPS) is 32.1. The van der Waals surface area contributed by atoms with Gasteiger partial charge in [-0.15, -0.1) is 0 Å². The van der Waals surface area contributed by atoms with E-state index in [4.69, 9.17) is 0 Å². The van der Waals surface area contributed by atoms with Gasteiger partial charge in [0.2, 0.25) is 0 Å². The molecule has 2 heteroatoms. The maximum atomic E-state index is 3.95. The molecule has 1 atom stereocenters. The zero-order valence-corrected chi connectivity index (χ0v) is 13.0. The number of nitrogens with one attached hydrogen (secondary N) is 1. The van der Waals surface area contributed by atoms with Crippen molar-refractivity contribution in [2.24, 2.45) is 11.8 Å². The number of hydrogen-bond acceptors (Lipinski definition) is 2. The minimum absolute atomic E-state index is 0.497. The Balaban J connectivity index is 1.63. The molecule has 0 aromatic carbocycles. The van der Waals surface area contributed by atoms with Crippen molar-refractivity contribution in [1.29, 1.82) is 0 Å². The quantitative estimate of drug-likeness (QED) is 0.837. The van der Waals surface area contributed by atoms with Crippen LogP contribution in [0.5, 0.6) is 0 Å². The van der Waals surface area contributed by atoms with Crippen LogP contribution in [0.15, 0.2) is 0 Å². The summed E-state index contributed by atoms with van der Waals surface area (Å²) >= 11 is 0. The number of rotatable bonds is 4. The standard InChI is InChI=1S/C17H32N2/c1-14(2)10-16-11-18-17(8-3-4-9-17)13-19(16)12-15-6-5-7-15/h14-16,18H,3-13H2,1-2H3. The summed E-state index contributed by atoms with van der Waals surface area (Å²) in [4.78, 5) is 2.88. The summed E-state index contributed by atoms with van der Waals surface area (Å²) in [5, 5.41) is 3.95. The van der Waals surface area contributed by atoms with Crippen LogP contribution in [0.3, 0.4) is 0 Å². The van der Waals surface area contributed by atoms with E-state index in [-0.39, 0.29) is 0 Å². The van der Waals surface area contributed by atoms with Crippen LogP contribution in [-0.4, -0.2) is 36.1 Å². The van der Waals surface area contributed by atoms with E-state index in [0.29, 0.717) is 5.54 Å². The molecule has 0 radical (unpaired) electrons. The van der Waals surface area contributed by atoms with Crippen LogP contribution >= 0.6 is 0 Å². The Morgan fingerprint density at radius 2 is 1.89 bits per heavy atom. The third-order valence-electron chi connectivity index (χ3n) is 5.76. The molecule has 1 aliphatic heterocycles. The van der Waals surface area contributed by atoms with Crippen molar-refractivity contribution in [2.75, 3.05) is 19.6 Å². The Hall–Kier alpha value is -0.0800. The van der Waals surface area contributed by atoms with E-state index >= 15 is 0 Å². The van der Waals surface area contributed by atoms with Gasteiger partial charge in [-0.05, 0) is 43.9 Å². The zero-order chi connectivity index (χ0) is 13.3. The lowest BCUT2D eigenvalue weighted by atomic mass is 9.83. The predicted molar refractivity (Wildman–Crippen MR) is 81.4 cm³/mol. The monoisotopic (exact) mass is 264 g/mol. The molecule has 1 heterocycles. The first-order valence-corrected chi connectivity index (χ1v) is 8.66. The average Bonchev–Trinajstić information content (AvgIpc) is 2.75. The van der Waals surface area contributed by atoms with Crippen LogP contribution in [0.1, 0.15) is 65.2 Å². The van der Waals surface area contributed by atoms with Gasteiger partial charge in [-0.1, -0.05) is 33.1 Å². The summed E-state index contributed by atoms with van der Waals surface area (Å²) in [5.74, 6) is 1.85. The lowest BCUT2D eigenvalue weighted by Crippen LogP contribution is -2.64. The molecule has 19 heavy (non-hydrogen) atoms. The molecule has 1 saturated heterocycles. The predicted octanol–water partition coefficient (Wildman–Crippen LogP) is 3.42. The molecule has 3 rings (SSSR count). The van der Waals surface area contributed by atoms with Gasteiger partial charge in [0.05, 0.1) is 0 Å². The molecule has 0 aromatic heterocycles. The van der Waals surface area contributed by atoms with Gasteiger partial charge in [0.15, 0.2) is 0 Å². The highest BCUT2D eigenvalue weighted by molar-refractivity contribution is 5.01. The second-order valence-corrected chi connectivity index (χ2v) is 7.88. The van der Waals surface area contributed by atoms with Gasteiger partial charge in [-0.3, -0.25) is 4.90 Å². The molecule has 3 aliphatic rings. The minimum Gasteiger partial charge on any atom is -0.308 e. The fourth-order valence-corrected chi connectivity index (χ4v) is 4.42. The van der Waals surface area contributed by atoms with Crippen LogP contribution in [0.2, 0.25) is 0 Å². The zero-order valence-electron chi connectivity index (χ0n) is 13.0. The van der Waals surface area contributed by atoms with Crippen molar-refractivity contribution < 1.29 is 0 Å². The van der Waals surface area contributed by atoms with E-state index in [1.54, 1.807) is 0 Å². The number of hydrogen-bond donors (Lipinski definition) is 1. The van der Waals surface area contributed by atoms with E-state index in [9.17, 15) is 0 Å². The molecule has 2 nitrogen and oxygen atoms in total. The topological polar surface area (TPSA) is 15.3 Å². The summed E-state index contributed by atoms with van der Waals surface area (Å²) in [6.07, 6.45) is 11.6. The van der Waals surface area contributed by atoms with E-state index < -0.39 is 0 Å². The van der Waals surface area contributed by atoms with Gasteiger partial charge in [0.25, 0.3) is 0 Å². The van der Waals surface area contributed by atoms with Crippen molar-refractivity contribution in [2.45, 2.75) is 76.8 Å². The largest absolute Gasteiger partial charge is 0.308 e. The first-order valence-electron chi connectivity index (χ1n) is 8.66. The molecule has 1 unspecified atom stereocenters. The minimum atomic E-state index is 0.497. The van der Waals surface area contributed by atoms with Gasteiger partial charge in [-0.2, -0.15) is 0 Å². The van der Waals surface area contributed by atoms with Crippen LogP contribution < -0.4 is 5.32 Å². The molecule has 110 valence electrons. The van der Waals surface area contributed by atoms with Gasteiger partial charge in [0.1, 0.15) is 0 Å². The van der Waals surface area contributed by atoms with E-state index in [2.05, 4.69) is 24.1 Å². The molecule has 0 bridgehead atoms. The van der Waals surface area contributed by atoms with E-state index in [0.717, 1.165) is 17.9 Å². The van der Waals surface area contributed by atoms with Gasteiger partial charge >= 0.3 is 0 Å². The Labute approximate surface area is 119 Å². The highest BCUT2D eigenvalue weighted by Gasteiger charge is 2.41. The second kappa shape index (κ2) is 5.73. The molecule has 3 fully saturated rings. The van der Waals surface area contributed by atoms with E-state index in [1.165, 1.54) is 71.0 Å². The molecule has 1 spiro atoms. The maximum Gasteiger partial charge on any atom is 0.0309 e. The Kier molecular flexibility index (Phi) is 4.19. The summed E-state index contributed by atoms with van der Waals surface area (Å²) in [5.41, 5.74) is 0.497. The average molecular weight is 264 g/mol. The third kappa shape index (κ3) is 3.16. The summed E-state index contributed by atoms with van der Waals surface area (Å²) in [6.45, 7) is 8.72. The molecule has 2 saturated carbocycles. The first kappa shape index (κ1) is 13.9. The fraction of sp³-hybridized carbons (Fsp3) is 1.00. The maximum absolute atomic E-state index is 3.95. The van der Waals surface area contributed by atoms with Crippen molar-refractivity contribution in [3.63, 3.8) is 0 Å². The van der Waals surface area contributed by atoms with Crippen molar-refractivity contribution in [3.05, 3.63) is 0 Å². The smallest absolute Gasteiger partial charge is 0.0309 e. The lowest BCUT2D eigenvalue weighted by molar-refractivity contribution is 0.0435. The van der Waals surface area contributed by atoms with Crippen molar-refractivity contribution >= 4 is 0 Å².